The molecule has 0 atom stereocenters. The van der Waals surface area contributed by atoms with E-state index in [0.29, 0.717) is 16.4 Å². The van der Waals surface area contributed by atoms with Gasteiger partial charge in [0.25, 0.3) is 0 Å². The molecule has 0 aromatic heterocycles. The van der Waals surface area contributed by atoms with E-state index in [0.717, 1.165) is 5.56 Å². The topological polar surface area (TPSA) is 67.4 Å². The highest BCUT2D eigenvalue weighted by atomic mass is 35.5. The Morgan fingerprint density at radius 3 is 2.17 bits per heavy atom. The lowest BCUT2D eigenvalue weighted by molar-refractivity contribution is -0.125. The highest BCUT2D eigenvalue weighted by Crippen LogP contribution is 2.19. The summed E-state index contributed by atoms with van der Waals surface area (Å²) in [5.74, 6) is -0.667. The Kier molecular flexibility index (Phi) is 6.14. The van der Waals surface area contributed by atoms with Crippen molar-refractivity contribution in [2.75, 3.05) is 23.8 Å². The van der Waals surface area contributed by atoms with Crippen molar-refractivity contribution < 1.29 is 14.3 Å². The fraction of sp³-hybridized carbons (Fsp3) is 0.176. The molecule has 0 saturated heterocycles. The van der Waals surface area contributed by atoms with Gasteiger partial charge in [-0.25, -0.2) is 0 Å². The first-order chi connectivity index (χ1) is 11.0. The quantitative estimate of drug-likeness (QED) is 0.853. The summed E-state index contributed by atoms with van der Waals surface area (Å²) in [4.78, 5) is 23.4. The zero-order chi connectivity index (χ0) is 16.7. The first-order valence-electron chi connectivity index (χ1n) is 7.03. The fourth-order valence-corrected chi connectivity index (χ4v) is 2.00. The third-order valence-electron chi connectivity index (χ3n) is 2.98. The molecular formula is C17H17ClN2O3. The Labute approximate surface area is 139 Å². The van der Waals surface area contributed by atoms with E-state index in [4.69, 9.17) is 16.3 Å². The Morgan fingerprint density at radius 2 is 1.57 bits per heavy atom. The van der Waals surface area contributed by atoms with Crippen LogP contribution in [0.1, 0.15) is 5.56 Å². The van der Waals surface area contributed by atoms with Crippen molar-refractivity contribution in [3.05, 3.63) is 59.1 Å². The minimum atomic E-state index is -0.350. The summed E-state index contributed by atoms with van der Waals surface area (Å²) >= 11 is 5.98. The smallest absolute Gasteiger partial charge is 0.250 e. The van der Waals surface area contributed by atoms with Crippen molar-refractivity contribution in [1.82, 2.24) is 0 Å². The highest BCUT2D eigenvalue weighted by Gasteiger charge is 2.07. The molecule has 2 rings (SSSR count). The number of carbonyl (C=O) groups is 2. The molecule has 2 aromatic carbocycles. The molecule has 120 valence electrons. The standard InChI is InChI=1S/C17H17ClN2O3/c1-12-7-8-14(9-15(12)18)20-17(22)11-23-10-16(21)19-13-5-3-2-4-6-13/h2-9H,10-11H2,1H3,(H,19,21)(H,20,22). The number of hydrogen-bond donors (Lipinski definition) is 2. The molecule has 0 aliphatic carbocycles. The van der Waals surface area contributed by atoms with Crippen LogP contribution in [-0.4, -0.2) is 25.0 Å². The predicted octanol–water partition coefficient (Wildman–Crippen LogP) is 3.24. The van der Waals surface area contributed by atoms with E-state index < -0.39 is 0 Å². The molecule has 0 fully saturated rings. The van der Waals surface area contributed by atoms with Crippen molar-refractivity contribution in [1.29, 1.82) is 0 Å². The number of rotatable bonds is 6. The van der Waals surface area contributed by atoms with E-state index >= 15 is 0 Å². The van der Waals surface area contributed by atoms with Crippen LogP contribution in [0, 0.1) is 6.92 Å². The Bertz CT molecular complexity index is 689. The number of amides is 2. The van der Waals surface area contributed by atoms with Gasteiger partial charge in [0.15, 0.2) is 0 Å². The minimum absolute atomic E-state index is 0.197. The molecule has 2 N–H and O–H groups in total. The van der Waals surface area contributed by atoms with Crippen molar-refractivity contribution >= 4 is 34.8 Å². The second kappa shape index (κ2) is 8.31. The van der Waals surface area contributed by atoms with E-state index in [1.807, 2.05) is 31.2 Å². The van der Waals surface area contributed by atoms with E-state index in [1.54, 1.807) is 24.3 Å². The maximum atomic E-state index is 11.7. The van der Waals surface area contributed by atoms with Gasteiger partial charge in [-0.05, 0) is 36.8 Å². The lowest BCUT2D eigenvalue weighted by Crippen LogP contribution is -2.23. The molecule has 0 aliphatic rings. The zero-order valence-electron chi connectivity index (χ0n) is 12.6. The van der Waals surface area contributed by atoms with Crippen molar-refractivity contribution in [2.45, 2.75) is 6.92 Å². The molecular weight excluding hydrogens is 316 g/mol. The number of aryl methyl sites for hydroxylation is 1. The number of halogens is 1. The maximum absolute atomic E-state index is 11.7. The van der Waals surface area contributed by atoms with Crippen LogP contribution in [-0.2, 0) is 14.3 Å². The number of hydrogen-bond acceptors (Lipinski definition) is 3. The number of nitrogens with one attached hydrogen (secondary N) is 2. The Hall–Kier alpha value is -2.37. The van der Waals surface area contributed by atoms with Crippen LogP contribution in [0.5, 0.6) is 0 Å². The SMILES string of the molecule is Cc1ccc(NC(=O)COCC(=O)Nc2ccccc2)cc1Cl. The molecule has 0 radical (unpaired) electrons. The highest BCUT2D eigenvalue weighted by molar-refractivity contribution is 6.31. The molecule has 5 nitrogen and oxygen atoms in total. The van der Waals surface area contributed by atoms with Gasteiger partial charge >= 0.3 is 0 Å². The molecule has 0 bridgehead atoms. The summed E-state index contributed by atoms with van der Waals surface area (Å²) in [6.45, 7) is 1.47. The molecule has 6 heteroatoms. The predicted molar refractivity (Wildman–Crippen MR) is 90.7 cm³/mol. The van der Waals surface area contributed by atoms with E-state index in [-0.39, 0.29) is 25.0 Å². The second-order valence-corrected chi connectivity index (χ2v) is 5.33. The average molecular weight is 333 g/mol. The molecule has 2 aromatic rings. The number of carbonyl (C=O) groups excluding carboxylic acids is 2. The number of benzene rings is 2. The molecule has 23 heavy (non-hydrogen) atoms. The lowest BCUT2D eigenvalue weighted by Gasteiger charge is -2.08. The van der Waals surface area contributed by atoms with Gasteiger partial charge < -0.3 is 15.4 Å². The van der Waals surface area contributed by atoms with Gasteiger partial charge in [-0.3, -0.25) is 9.59 Å². The van der Waals surface area contributed by atoms with Crippen molar-refractivity contribution in [2.24, 2.45) is 0 Å². The Morgan fingerprint density at radius 1 is 0.957 bits per heavy atom. The largest absolute Gasteiger partial charge is 0.362 e. The first kappa shape index (κ1) is 17.0. The van der Waals surface area contributed by atoms with Gasteiger partial charge in [0, 0.05) is 16.4 Å². The number of anilines is 2. The number of ether oxygens (including phenoxy) is 1. The Balaban J connectivity index is 1.72. The molecule has 0 unspecified atom stereocenters. The van der Waals surface area contributed by atoms with Gasteiger partial charge in [0.2, 0.25) is 11.8 Å². The normalized spacial score (nSPS) is 10.2. The second-order valence-electron chi connectivity index (χ2n) is 4.92. The fourth-order valence-electron chi connectivity index (χ4n) is 1.82. The molecule has 0 spiro atoms. The summed E-state index contributed by atoms with van der Waals surface area (Å²) in [5, 5.41) is 5.89. The van der Waals surface area contributed by atoms with E-state index in [2.05, 4.69) is 10.6 Å². The van der Waals surface area contributed by atoms with Gasteiger partial charge in [-0.15, -0.1) is 0 Å². The van der Waals surface area contributed by atoms with E-state index in [1.165, 1.54) is 0 Å². The third kappa shape index (κ3) is 5.73. The molecule has 0 aliphatic heterocycles. The van der Waals surface area contributed by atoms with Gasteiger partial charge in [-0.2, -0.15) is 0 Å². The van der Waals surface area contributed by atoms with Crippen LogP contribution >= 0.6 is 11.6 Å². The van der Waals surface area contributed by atoms with Crippen LogP contribution in [0.15, 0.2) is 48.5 Å². The van der Waals surface area contributed by atoms with Crippen LogP contribution in [0.4, 0.5) is 11.4 Å². The lowest BCUT2D eigenvalue weighted by atomic mass is 10.2. The molecule has 0 heterocycles. The van der Waals surface area contributed by atoms with Crippen LogP contribution in [0.3, 0.4) is 0 Å². The summed E-state index contributed by atoms with van der Waals surface area (Å²) in [6.07, 6.45) is 0. The maximum Gasteiger partial charge on any atom is 0.250 e. The minimum Gasteiger partial charge on any atom is -0.362 e. The van der Waals surface area contributed by atoms with Gasteiger partial charge in [0.05, 0.1) is 0 Å². The summed E-state index contributed by atoms with van der Waals surface area (Å²) in [5.41, 5.74) is 2.20. The third-order valence-corrected chi connectivity index (χ3v) is 3.39. The number of para-hydroxylation sites is 1. The van der Waals surface area contributed by atoms with Crippen LogP contribution < -0.4 is 10.6 Å². The first-order valence-corrected chi connectivity index (χ1v) is 7.41. The van der Waals surface area contributed by atoms with Crippen LogP contribution in [0.2, 0.25) is 5.02 Å². The summed E-state index contributed by atoms with van der Waals surface area (Å²) < 4.78 is 5.10. The molecule has 0 saturated carbocycles. The zero-order valence-corrected chi connectivity index (χ0v) is 13.4. The van der Waals surface area contributed by atoms with Gasteiger partial charge in [0.1, 0.15) is 13.2 Å². The van der Waals surface area contributed by atoms with E-state index in [9.17, 15) is 9.59 Å². The molecule has 2 amide bonds. The average Bonchev–Trinajstić information content (AvgIpc) is 2.52. The summed E-state index contributed by atoms with van der Waals surface area (Å²) in [7, 11) is 0. The van der Waals surface area contributed by atoms with Crippen molar-refractivity contribution in [3.8, 4) is 0 Å². The summed E-state index contributed by atoms with van der Waals surface area (Å²) in [6, 6.07) is 14.3. The van der Waals surface area contributed by atoms with Crippen LogP contribution in [0.25, 0.3) is 0 Å². The van der Waals surface area contributed by atoms with Gasteiger partial charge in [-0.1, -0.05) is 35.9 Å². The monoisotopic (exact) mass is 332 g/mol. The van der Waals surface area contributed by atoms with Crippen molar-refractivity contribution in [3.63, 3.8) is 0 Å².